The maximum absolute atomic E-state index is 14.7. The summed E-state index contributed by atoms with van der Waals surface area (Å²) in [6.07, 6.45) is 5.16. The van der Waals surface area contributed by atoms with Gasteiger partial charge in [-0.25, -0.2) is 23.1 Å². The van der Waals surface area contributed by atoms with Crippen LogP contribution in [0.25, 0.3) is 16.8 Å². The third-order valence-corrected chi connectivity index (χ3v) is 7.34. The van der Waals surface area contributed by atoms with Gasteiger partial charge in [-0.2, -0.15) is 5.10 Å². The number of nitrogens with two attached hydrogens (primary N) is 1. The van der Waals surface area contributed by atoms with Crippen LogP contribution in [0.2, 0.25) is 0 Å². The summed E-state index contributed by atoms with van der Waals surface area (Å²) in [6.45, 7) is 4.91. The Balaban J connectivity index is 1.44. The van der Waals surface area contributed by atoms with Gasteiger partial charge in [0.05, 0.1) is 36.1 Å². The highest BCUT2D eigenvalue weighted by atomic mass is 19.1. The number of anilines is 1. The van der Waals surface area contributed by atoms with E-state index >= 15 is 0 Å². The van der Waals surface area contributed by atoms with Crippen molar-refractivity contribution >= 4 is 17.3 Å². The Morgan fingerprint density at radius 1 is 1.18 bits per heavy atom. The van der Waals surface area contributed by atoms with Crippen molar-refractivity contribution in [2.45, 2.75) is 32.4 Å². The second-order valence-corrected chi connectivity index (χ2v) is 10.1. The summed E-state index contributed by atoms with van der Waals surface area (Å²) in [5, 5.41) is 4.54. The SMILES string of the molecule is COC(=O)N(C)[C@@H]1[C@H](N)CN(c2ccncc2Cc2ncc3ccc(-c4c(F)cc(C)cc4F)nn23)C[C@@H]1C. The zero-order valence-electron chi connectivity index (χ0n) is 22.3. The molecule has 1 aliphatic heterocycles. The number of carbonyl (C=O) groups is 1. The molecule has 0 bridgehead atoms. The minimum absolute atomic E-state index is 0.0784. The fourth-order valence-electron chi connectivity index (χ4n) is 5.61. The van der Waals surface area contributed by atoms with Crippen LogP contribution in [-0.4, -0.2) is 69.9 Å². The largest absolute Gasteiger partial charge is 0.453 e. The first kappa shape index (κ1) is 26.5. The number of piperidine rings is 1. The van der Waals surface area contributed by atoms with E-state index in [0.717, 1.165) is 11.3 Å². The van der Waals surface area contributed by atoms with Crippen molar-refractivity contribution < 1.29 is 18.3 Å². The van der Waals surface area contributed by atoms with Crippen LogP contribution in [0.3, 0.4) is 0 Å². The number of hydrogen-bond acceptors (Lipinski definition) is 7. The number of likely N-dealkylation sites (N-methyl/N-ethyl adjacent to an activating group) is 1. The number of ether oxygens (including phenoxy) is 1. The summed E-state index contributed by atoms with van der Waals surface area (Å²) >= 11 is 0. The Morgan fingerprint density at radius 2 is 1.92 bits per heavy atom. The molecule has 9 nitrogen and oxygen atoms in total. The van der Waals surface area contributed by atoms with Crippen molar-refractivity contribution in [3.63, 3.8) is 0 Å². The minimum atomic E-state index is -0.665. The van der Waals surface area contributed by atoms with Crippen molar-refractivity contribution in [1.29, 1.82) is 0 Å². The summed E-state index contributed by atoms with van der Waals surface area (Å²) in [5.74, 6) is -0.647. The van der Waals surface area contributed by atoms with Crippen LogP contribution in [0.5, 0.6) is 0 Å². The number of methoxy groups -OCH3 is 1. The molecule has 1 aliphatic rings. The van der Waals surface area contributed by atoms with Gasteiger partial charge in [-0.1, -0.05) is 6.92 Å². The summed E-state index contributed by atoms with van der Waals surface area (Å²) in [5.41, 5.74) is 9.63. The predicted molar refractivity (Wildman–Crippen MR) is 143 cm³/mol. The van der Waals surface area contributed by atoms with E-state index in [0.29, 0.717) is 36.4 Å². The number of imidazole rings is 1. The second-order valence-electron chi connectivity index (χ2n) is 10.1. The third kappa shape index (κ3) is 5.01. The summed E-state index contributed by atoms with van der Waals surface area (Å²) in [6, 6.07) is 7.38. The standard InChI is InChI=1S/C28H31F2N7O2/c1-16-9-20(29)26(21(30)10-16)23-6-5-19-13-33-25(37(19)34-23)11-18-12-32-8-7-24(18)36-14-17(2)27(22(31)15-36)35(3)28(38)39-4/h5-10,12-13,17,22,27H,11,14-15,31H2,1-4H3/t17-,22+,27-/m0/s1. The van der Waals surface area contributed by atoms with Gasteiger partial charge in [0, 0.05) is 56.2 Å². The molecule has 11 heteroatoms. The van der Waals surface area contributed by atoms with Crippen LogP contribution in [0, 0.1) is 24.5 Å². The van der Waals surface area contributed by atoms with Gasteiger partial charge < -0.3 is 20.3 Å². The number of rotatable bonds is 5. The Labute approximate surface area is 225 Å². The number of halogens is 2. The lowest BCUT2D eigenvalue weighted by atomic mass is 9.88. The van der Waals surface area contributed by atoms with Crippen molar-refractivity contribution in [3.8, 4) is 11.3 Å². The monoisotopic (exact) mass is 535 g/mol. The van der Waals surface area contributed by atoms with Gasteiger partial charge in [-0.05, 0) is 48.7 Å². The molecule has 5 rings (SSSR count). The molecule has 1 saturated heterocycles. The first-order valence-corrected chi connectivity index (χ1v) is 12.7. The fourth-order valence-corrected chi connectivity index (χ4v) is 5.61. The van der Waals surface area contributed by atoms with Crippen LogP contribution < -0.4 is 10.6 Å². The van der Waals surface area contributed by atoms with E-state index in [1.807, 2.05) is 6.07 Å². The van der Waals surface area contributed by atoms with E-state index in [1.165, 1.54) is 19.2 Å². The molecule has 1 fully saturated rings. The van der Waals surface area contributed by atoms with E-state index in [1.54, 1.807) is 54.1 Å². The molecule has 204 valence electrons. The van der Waals surface area contributed by atoms with Crippen molar-refractivity contribution in [3.05, 3.63) is 77.5 Å². The van der Waals surface area contributed by atoms with Crippen LogP contribution in [0.4, 0.5) is 19.3 Å². The normalized spacial score (nSPS) is 19.4. The van der Waals surface area contributed by atoms with Crippen LogP contribution in [0.15, 0.2) is 48.9 Å². The molecule has 0 unspecified atom stereocenters. The van der Waals surface area contributed by atoms with E-state index < -0.39 is 17.7 Å². The molecule has 0 spiro atoms. The number of nitrogens with zero attached hydrogens (tertiary/aromatic N) is 6. The van der Waals surface area contributed by atoms with E-state index in [2.05, 4.69) is 26.9 Å². The highest BCUT2D eigenvalue weighted by Crippen LogP contribution is 2.30. The molecule has 4 heterocycles. The lowest BCUT2D eigenvalue weighted by molar-refractivity contribution is 0.0905. The molecular formula is C28H31F2N7O2. The zero-order chi connectivity index (χ0) is 27.8. The molecule has 2 N–H and O–H groups in total. The van der Waals surface area contributed by atoms with E-state index in [-0.39, 0.29) is 29.3 Å². The summed E-state index contributed by atoms with van der Waals surface area (Å²) in [7, 11) is 3.07. The molecular weight excluding hydrogens is 504 g/mol. The molecule has 0 aliphatic carbocycles. The lowest BCUT2D eigenvalue weighted by Gasteiger charge is -2.45. The van der Waals surface area contributed by atoms with Gasteiger partial charge in [0.2, 0.25) is 0 Å². The Kier molecular flexibility index (Phi) is 7.17. The third-order valence-electron chi connectivity index (χ3n) is 7.34. The van der Waals surface area contributed by atoms with Gasteiger partial charge in [-0.15, -0.1) is 0 Å². The molecule has 0 radical (unpaired) electrons. The molecule has 1 aromatic carbocycles. The Morgan fingerprint density at radius 3 is 2.62 bits per heavy atom. The predicted octanol–water partition coefficient (Wildman–Crippen LogP) is 3.82. The fraction of sp³-hybridized carbons (Fsp3) is 0.357. The number of hydrogen-bond donors (Lipinski definition) is 1. The number of pyridine rings is 1. The van der Waals surface area contributed by atoms with Gasteiger partial charge in [0.1, 0.15) is 17.5 Å². The van der Waals surface area contributed by atoms with Crippen molar-refractivity contribution in [2.24, 2.45) is 11.7 Å². The number of carbonyl (C=O) groups excluding carboxylic acids is 1. The van der Waals surface area contributed by atoms with Crippen LogP contribution in [0.1, 0.15) is 23.9 Å². The van der Waals surface area contributed by atoms with Crippen LogP contribution in [-0.2, 0) is 11.2 Å². The first-order chi connectivity index (χ1) is 18.7. The molecule has 3 atom stereocenters. The maximum Gasteiger partial charge on any atom is 0.409 e. The summed E-state index contributed by atoms with van der Waals surface area (Å²) < 4.78 is 35.9. The highest BCUT2D eigenvalue weighted by Gasteiger charge is 2.38. The van der Waals surface area contributed by atoms with Crippen LogP contribution >= 0.6 is 0 Å². The molecule has 3 aromatic heterocycles. The van der Waals surface area contributed by atoms with E-state index in [4.69, 9.17) is 10.5 Å². The van der Waals surface area contributed by atoms with Crippen molar-refractivity contribution in [2.75, 3.05) is 32.1 Å². The van der Waals surface area contributed by atoms with Crippen molar-refractivity contribution in [1.82, 2.24) is 24.5 Å². The number of benzene rings is 1. The number of amides is 1. The van der Waals surface area contributed by atoms with Gasteiger partial charge >= 0.3 is 6.09 Å². The second kappa shape index (κ2) is 10.6. The van der Waals surface area contributed by atoms with E-state index in [9.17, 15) is 13.6 Å². The Bertz CT molecular complexity index is 1490. The maximum atomic E-state index is 14.7. The Hall–Kier alpha value is -4.12. The summed E-state index contributed by atoms with van der Waals surface area (Å²) in [4.78, 5) is 24.8. The average Bonchev–Trinajstić information content (AvgIpc) is 3.29. The topological polar surface area (TPSA) is 102 Å². The van der Waals surface area contributed by atoms with Gasteiger partial charge in [-0.3, -0.25) is 4.98 Å². The number of fused-ring (bicyclic) bond motifs is 1. The van der Waals surface area contributed by atoms with Gasteiger partial charge in [0.15, 0.2) is 0 Å². The number of aromatic nitrogens is 4. The molecule has 39 heavy (non-hydrogen) atoms. The first-order valence-electron chi connectivity index (χ1n) is 12.7. The molecule has 0 saturated carbocycles. The lowest BCUT2D eigenvalue weighted by Crippen LogP contribution is -2.62. The smallest absolute Gasteiger partial charge is 0.409 e. The molecule has 4 aromatic rings. The number of aryl methyl sites for hydroxylation is 1. The average molecular weight is 536 g/mol. The highest BCUT2D eigenvalue weighted by molar-refractivity contribution is 5.68. The molecule has 1 amide bonds. The minimum Gasteiger partial charge on any atom is -0.453 e. The van der Waals surface area contributed by atoms with Gasteiger partial charge in [0.25, 0.3) is 0 Å². The quantitative estimate of drug-likeness (QED) is 0.415. The zero-order valence-corrected chi connectivity index (χ0v) is 22.3.